The number of rotatable bonds is 6. The van der Waals surface area contributed by atoms with E-state index in [2.05, 4.69) is 105 Å². The van der Waals surface area contributed by atoms with Crippen LogP contribution in [0.4, 0.5) is 0 Å². The summed E-state index contributed by atoms with van der Waals surface area (Å²) in [7, 11) is 0. The molecule has 4 rings (SSSR count). The average Bonchev–Trinajstić information content (AvgIpc) is 3.11. The van der Waals surface area contributed by atoms with E-state index in [1.807, 2.05) is 0 Å². The van der Waals surface area contributed by atoms with Crippen LogP contribution in [0.5, 0.6) is 0 Å². The topological polar surface area (TPSA) is 17.8 Å². The number of aryl methyl sites for hydroxylation is 3. The lowest BCUT2D eigenvalue weighted by atomic mass is 9.99. The summed E-state index contributed by atoms with van der Waals surface area (Å²) in [5.74, 6) is 1.08. The van der Waals surface area contributed by atoms with Crippen molar-refractivity contribution in [2.24, 2.45) is 0 Å². The summed E-state index contributed by atoms with van der Waals surface area (Å²) in [5, 5.41) is 0. The second-order valence-corrected chi connectivity index (χ2v) is 8.14. The molecule has 0 spiro atoms. The molecule has 30 heavy (non-hydrogen) atoms. The number of imidazole rings is 1. The molecule has 2 heteroatoms. The summed E-state index contributed by atoms with van der Waals surface area (Å²) in [5.41, 5.74) is 9.78. The van der Waals surface area contributed by atoms with E-state index in [0.29, 0.717) is 0 Å². The van der Waals surface area contributed by atoms with E-state index in [9.17, 15) is 0 Å². The minimum atomic E-state index is 0.961. The van der Waals surface area contributed by atoms with Crippen molar-refractivity contribution in [3.05, 3.63) is 89.5 Å². The molecule has 3 aromatic carbocycles. The minimum Gasteiger partial charge on any atom is -0.323 e. The van der Waals surface area contributed by atoms with Crippen LogP contribution in [-0.4, -0.2) is 9.55 Å². The highest BCUT2D eigenvalue weighted by atomic mass is 15.1. The molecule has 0 atom stereocenters. The molecule has 2 nitrogen and oxygen atoms in total. The molecule has 0 fully saturated rings. The van der Waals surface area contributed by atoms with Gasteiger partial charge in [-0.2, -0.15) is 0 Å². The summed E-state index contributed by atoms with van der Waals surface area (Å²) >= 11 is 0. The molecule has 0 amide bonds. The molecule has 1 heterocycles. The van der Waals surface area contributed by atoms with Gasteiger partial charge in [-0.15, -0.1) is 0 Å². The van der Waals surface area contributed by atoms with Gasteiger partial charge in [-0.05, 0) is 38.3 Å². The Hall–Kier alpha value is -3.13. The van der Waals surface area contributed by atoms with Crippen molar-refractivity contribution in [3.63, 3.8) is 0 Å². The lowest BCUT2D eigenvalue weighted by Gasteiger charge is -2.16. The van der Waals surface area contributed by atoms with Gasteiger partial charge in [-0.25, -0.2) is 4.98 Å². The molecule has 1 aromatic heterocycles. The van der Waals surface area contributed by atoms with Crippen LogP contribution in [0.2, 0.25) is 0 Å². The number of nitrogens with zero attached hydrogens (tertiary/aromatic N) is 2. The van der Waals surface area contributed by atoms with E-state index < -0.39 is 0 Å². The maximum absolute atomic E-state index is 5.29. The summed E-state index contributed by atoms with van der Waals surface area (Å²) in [4.78, 5) is 5.29. The number of hydrogen-bond acceptors (Lipinski definition) is 1. The molecule has 0 radical (unpaired) electrons. The Kier molecular flexibility index (Phi) is 5.85. The van der Waals surface area contributed by atoms with Crippen molar-refractivity contribution in [3.8, 4) is 33.9 Å². The summed E-state index contributed by atoms with van der Waals surface area (Å²) < 4.78 is 2.45. The van der Waals surface area contributed by atoms with Crippen LogP contribution < -0.4 is 0 Å². The third kappa shape index (κ3) is 3.82. The van der Waals surface area contributed by atoms with Gasteiger partial charge in [-0.1, -0.05) is 91.7 Å². The fourth-order valence-corrected chi connectivity index (χ4v) is 4.40. The average molecular weight is 395 g/mol. The van der Waals surface area contributed by atoms with Gasteiger partial charge in [0, 0.05) is 23.2 Å². The highest BCUT2D eigenvalue weighted by Gasteiger charge is 2.22. The van der Waals surface area contributed by atoms with Crippen molar-refractivity contribution in [1.29, 1.82) is 0 Å². The first-order valence-corrected chi connectivity index (χ1v) is 10.9. The van der Waals surface area contributed by atoms with E-state index >= 15 is 0 Å². The molecule has 152 valence electrons. The lowest BCUT2D eigenvalue weighted by molar-refractivity contribution is 0.641. The summed E-state index contributed by atoms with van der Waals surface area (Å²) in [6.07, 6.45) is 2.28. The maximum atomic E-state index is 5.29. The Bertz CT molecular complexity index is 1120. The third-order valence-corrected chi connectivity index (χ3v) is 5.70. The monoisotopic (exact) mass is 394 g/mol. The van der Waals surface area contributed by atoms with Crippen LogP contribution in [0.15, 0.2) is 72.8 Å². The normalized spacial score (nSPS) is 11.1. The molecule has 0 saturated heterocycles. The van der Waals surface area contributed by atoms with Gasteiger partial charge in [-0.3, -0.25) is 0 Å². The molecule has 0 bridgehead atoms. The van der Waals surface area contributed by atoms with Crippen LogP contribution in [0.3, 0.4) is 0 Å². The van der Waals surface area contributed by atoms with Crippen LogP contribution in [0, 0.1) is 20.8 Å². The van der Waals surface area contributed by atoms with Gasteiger partial charge in [0.2, 0.25) is 0 Å². The van der Waals surface area contributed by atoms with E-state index in [1.54, 1.807) is 0 Å². The molecular weight excluding hydrogens is 364 g/mol. The first kappa shape index (κ1) is 20.2. The second-order valence-electron chi connectivity index (χ2n) is 8.14. The lowest BCUT2D eigenvalue weighted by Crippen LogP contribution is -2.05. The van der Waals surface area contributed by atoms with Gasteiger partial charge in [0.05, 0.1) is 11.4 Å². The van der Waals surface area contributed by atoms with E-state index in [4.69, 9.17) is 4.98 Å². The van der Waals surface area contributed by atoms with Crippen molar-refractivity contribution in [2.75, 3.05) is 0 Å². The number of aromatic nitrogens is 2. The number of unbranched alkanes of at least 4 members (excludes halogenated alkanes) is 1. The molecule has 4 aromatic rings. The molecule has 0 aliphatic heterocycles. The van der Waals surface area contributed by atoms with Crippen molar-refractivity contribution in [1.82, 2.24) is 9.55 Å². The molecule has 0 N–H and O–H groups in total. The highest BCUT2D eigenvalue weighted by Crippen LogP contribution is 2.38. The van der Waals surface area contributed by atoms with Crippen molar-refractivity contribution in [2.45, 2.75) is 47.1 Å². The minimum absolute atomic E-state index is 0.961. The maximum Gasteiger partial charge on any atom is 0.141 e. The van der Waals surface area contributed by atoms with E-state index in [1.165, 1.54) is 33.5 Å². The second kappa shape index (κ2) is 8.71. The van der Waals surface area contributed by atoms with Gasteiger partial charge in [0.1, 0.15) is 5.82 Å². The van der Waals surface area contributed by atoms with Crippen LogP contribution in [0.25, 0.3) is 33.9 Å². The smallest absolute Gasteiger partial charge is 0.141 e. The third-order valence-electron chi connectivity index (χ3n) is 5.70. The molecular formula is C28H30N2. The Labute approximate surface area is 180 Å². The molecule has 0 aliphatic carbocycles. The predicted molar refractivity (Wildman–Crippen MR) is 128 cm³/mol. The zero-order valence-corrected chi connectivity index (χ0v) is 18.4. The number of hydrogen-bond donors (Lipinski definition) is 0. The molecule has 0 saturated carbocycles. The summed E-state index contributed by atoms with van der Waals surface area (Å²) in [6, 6.07) is 25.8. The quantitative estimate of drug-likeness (QED) is 0.329. The fourth-order valence-electron chi connectivity index (χ4n) is 4.40. The first-order chi connectivity index (χ1) is 14.6. The SMILES string of the molecule is CCCCn1c(-c2c(C)cc(C)cc2C)nc(-c2ccccc2)c1-c1ccccc1. The van der Waals surface area contributed by atoms with E-state index in [-0.39, 0.29) is 0 Å². The van der Waals surface area contributed by atoms with Crippen LogP contribution in [-0.2, 0) is 6.54 Å². The molecule has 0 unspecified atom stereocenters. The highest BCUT2D eigenvalue weighted by molar-refractivity contribution is 5.83. The Morgan fingerprint density at radius 2 is 1.33 bits per heavy atom. The Morgan fingerprint density at radius 3 is 1.90 bits per heavy atom. The largest absolute Gasteiger partial charge is 0.323 e. The molecule has 0 aliphatic rings. The van der Waals surface area contributed by atoms with Crippen molar-refractivity contribution < 1.29 is 0 Å². The van der Waals surface area contributed by atoms with E-state index in [0.717, 1.165) is 36.5 Å². The Morgan fingerprint density at radius 1 is 0.767 bits per heavy atom. The predicted octanol–water partition coefficient (Wildman–Crippen LogP) is 7.61. The van der Waals surface area contributed by atoms with Crippen LogP contribution in [0.1, 0.15) is 36.5 Å². The first-order valence-electron chi connectivity index (χ1n) is 10.9. The van der Waals surface area contributed by atoms with Gasteiger partial charge >= 0.3 is 0 Å². The zero-order valence-electron chi connectivity index (χ0n) is 18.4. The van der Waals surface area contributed by atoms with Gasteiger partial charge < -0.3 is 4.57 Å². The standard InChI is InChI=1S/C28H30N2/c1-5-6-17-30-27(24-15-11-8-12-16-24)26(23-13-9-7-10-14-23)29-28(30)25-21(3)18-20(2)19-22(25)4/h7-16,18-19H,5-6,17H2,1-4H3. The Balaban J connectivity index is 2.05. The van der Waals surface area contributed by atoms with Crippen molar-refractivity contribution >= 4 is 0 Å². The summed E-state index contributed by atoms with van der Waals surface area (Å²) in [6.45, 7) is 9.79. The fraction of sp³-hybridized carbons (Fsp3) is 0.250. The number of benzene rings is 3. The van der Waals surface area contributed by atoms with Crippen LogP contribution >= 0.6 is 0 Å². The van der Waals surface area contributed by atoms with Gasteiger partial charge in [0.25, 0.3) is 0 Å². The van der Waals surface area contributed by atoms with Gasteiger partial charge in [0.15, 0.2) is 0 Å². The zero-order chi connectivity index (χ0) is 21.1.